The molecule has 21 heavy (non-hydrogen) atoms. The molecular weight excluding hydrogens is 282 g/mol. The summed E-state index contributed by atoms with van der Waals surface area (Å²) in [7, 11) is 0. The van der Waals surface area contributed by atoms with Crippen molar-refractivity contribution < 1.29 is 29.4 Å². The van der Waals surface area contributed by atoms with E-state index in [-0.39, 0.29) is 12.8 Å². The summed E-state index contributed by atoms with van der Waals surface area (Å²) in [4.78, 5) is 45.7. The van der Waals surface area contributed by atoms with E-state index in [0.717, 1.165) is 0 Å². The van der Waals surface area contributed by atoms with Gasteiger partial charge < -0.3 is 21.7 Å². The highest BCUT2D eigenvalue weighted by Gasteiger charge is 2.31. The van der Waals surface area contributed by atoms with Crippen molar-refractivity contribution in [2.45, 2.75) is 44.7 Å². The third-order valence-corrected chi connectivity index (χ3v) is 2.73. The summed E-state index contributed by atoms with van der Waals surface area (Å²) < 4.78 is 0. The zero-order valence-electron chi connectivity index (χ0n) is 11.8. The SMILES string of the molecule is CCCC(N)C(=O)N(CC(=O)O)C(=O)C(N)CCC(=O)O. The van der Waals surface area contributed by atoms with E-state index >= 15 is 0 Å². The van der Waals surface area contributed by atoms with Crippen LogP contribution in [0.25, 0.3) is 0 Å². The smallest absolute Gasteiger partial charge is 0.323 e. The van der Waals surface area contributed by atoms with Crippen molar-refractivity contribution in [3.05, 3.63) is 0 Å². The highest BCUT2D eigenvalue weighted by atomic mass is 16.4. The van der Waals surface area contributed by atoms with Crippen LogP contribution in [0, 0.1) is 0 Å². The summed E-state index contributed by atoms with van der Waals surface area (Å²) >= 11 is 0. The third-order valence-electron chi connectivity index (χ3n) is 2.73. The van der Waals surface area contributed by atoms with Crippen molar-refractivity contribution in [3.8, 4) is 0 Å². The molecule has 0 aliphatic rings. The number of hydrogen-bond acceptors (Lipinski definition) is 6. The first-order chi connectivity index (χ1) is 9.70. The minimum atomic E-state index is -1.38. The van der Waals surface area contributed by atoms with Crippen LogP contribution >= 0.6 is 0 Å². The standard InChI is InChI=1S/C12H21N3O6/c1-2-3-7(13)11(20)15(6-10(18)19)12(21)8(14)4-5-9(16)17/h7-8H,2-6,13-14H2,1H3,(H,16,17)(H,18,19). The molecule has 9 nitrogen and oxygen atoms in total. The van der Waals surface area contributed by atoms with Crippen molar-refractivity contribution in [3.63, 3.8) is 0 Å². The highest BCUT2D eigenvalue weighted by molar-refractivity contribution is 6.02. The lowest BCUT2D eigenvalue weighted by atomic mass is 10.1. The van der Waals surface area contributed by atoms with Crippen molar-refractivity contribution in [1.29, 1.82) is 0 Å². The maximum atomic E-state index is 12.0. The fraction of sp³-hybridized carbons (Fsp3) is 0.667. The quantitative estimate of drug-likeness (QED) is 0.410. The molecule has 0 aromatic rings. The van der Waals surface area contributed by atoms with Crippen LogP contribution < -0.4 is 11.5 Å². The summed E-state index contributed by atoms with van der Waals surface area (Å²) in [5.41, 5.74) is 11.1. The number of carboxylic acids is 2. The molecule has 0 aliphatic carbocycles. The molecule has 0 heterocycles. The van der Waals surface area contributed by atoms with Gasteiger partial charge in [-0.2, -0.15) is 0 Å². The van der Waals surface area contributed by atoms with Gasteiger partial charge in [0.25, 0.3) is 0 Å². The van der Waals surface area contributed by atoms with Crippen LogP contribution in [0.2, 0.25) is 0 Å². The molecule has 0 aliphatic heterocycles. The summed E-state index contributed by atoms with van der Waals surface area (Å²) in [6.45, 7) is 0.935. The van der Waals surface area contributed by atoms with Crippen LogP contribution in [-0.2, 0) is 19.2 Å². The predicted molar refractivity (Wildman–Crippen MR) is 72.1 cm³/mol. The number of carboxylic acid groups (broad SMARTS) is 2. The molecule has 0 bridgehead atoms. The third kappa shape index (κ3) is 6.82. The van der Waals surface area contributed by atoms with Crippen LogP contribution in [-0.4, -0.2) is 57.5 Å². The Labute approximate surface area is 121 Å². The van der Waals surface area contributed by atoms with E-state index in [2.05, 4.69) is 0 Å². The monoisotopic (exact) mass is 303 g/mol. The van der Waals surface area contributed by atoms with Crippen LogP contribution in [0.5, 0.6) is 0 Å². The average Bonchev–Trinajstić information content (AvgIpc) is 2.40. The van der Waals surface area contributed by atoms with Crippen molar-refractivity contribution in [1.82, 2.24) is 4.90 Å². The van der Waals surface area contributed by atoms with Gasteiger partial charge in [0.15, 0.2) is 0 Å². The van der Waals surface area contributed by atoms with E-state index < -0.39 is 42.4 Å². The minimum Gasteiger partial charge on any atom is -0.481 e. The minimum absolute atomic E-state index is 0.194. The Kier molecular flexibility index (Phi) is 8.17. The lowest BCUT2D eigenvalue weighted by Crippen LogP contribution is -2.53. The number of carbonyl (C=O) groups is 4. The second-order valence-corrected chi connectivity index (χ2v) is 4.59. The van der Waals surface area contributed by atoms with E-state index in [1.54, 1.807) is 6.92 Å². The molecule has 0 aromatic carbocycles. The number of amides is 2. The summed E-state index contributed by atoms with van der Waals surface area (Å²) in [5, 5.41) is 17.3. The summed E-state index contributed by atoms with van der Waals surface area (Å²) in [5.74, 6) is -4.28. The van der Waals surface area contributed by atoms with Gasteiger partial charge in [-0.25, -0.2) is 0 Å². The number of hydrogen-bond donors (Lipinski definition) is 4. The molecule has 0 rings (SSSR count). The first-order valence-corrected chi connectivity index (χ1v) is 6.50. The Morgan fingerprint density at radius 3 is 1.81 bits per heavy atom. The van der Waals surface area contributed by atoms with Crippen LogP contribution in [0.4, 0.5) is 0 Å². The molecule has 0 radical (unpaired) electrons. The number of nitrogens with zero attached hydrogens (tertiary/aromatic N) is 1. The van der Waals surface area contributed by atoms with E-state index in [0.29, 0.717) is 17.7 Å². The Balaban J connectivity index is 4.95. The fourth-order valence-corrected chi connectivity index (χ4v) is 1.64. The van der Waals surface area contributed by atoms with Crippen molar-refractivity contribution in [2.24, 2.45) is 11.5 Å². The lowest BCUT2D eigenvalue weighted by molar-refractivity contribution is -0.154. The number of nitrogens with two attached hydrogens (primary N) is 2. The van der Waals surface area contributed by atoms with Gasteiger partial charge in [0.05, 0.1) is 12.1 Å². The predicted octanol–water partition coefficient (Wildman–Crippen LogP) is -1.25. The van der Waals surface area contributed by atoms with E-state index in [1.165, 1.54) is 0 Å². The maximum Gasteiger partial charge on any atom is 0.323 e. The van der Waals surface area contributed by atoms with Crippen LogP contribution in [0.15, 0.2) is 0 Å². The topological polar surface area (TPSA) is 164 Å². The van der Waals surface area contributed by atoms with Gasteiger partial charge in [0.1, 0.15) is 6.54 Å². The molecule has 0 saturated heterocycles. The van der Waals surface area contributed by atoms with E-state index in [4.69, 9.17) is 21.7 Å². The number of carbonyl (C=O) groups excluding carboxylic acids is 2. The molecule has 0 aromatic heterocycles. The highest BCUT2D eigenvalue weighted by Crippen LogP contribution is 2.06. The van der Waals surface area contributed by atoms with E-state index in [1.807, 2.05) is 0 Å². The number of rotatable bonds is 9. The van der Waals surface area contributed by atoms with Gasteiger partial charge in [0.2, 0.25) is 11.8 Å². The Bertz CT molecular complexity index is 412. The molecule has 2 atom stereocenters. The summed E-state index contributed by atoms with van der Waals surface area (Å²) in [6, 6.07) is -2.26. The maximum absolute atomic E-state index is 12.0. The summed E-state index contributed by atoms with van der Waals surface area (Å²) in [6.07, 6.45) is 0.337. The first-order valence-electron chi connectivity index (χ1n) is 6.50. The Hall–Kier alpha value is -2.00. The zero-order chi connectivity index (χ0) is 16.6. The molecule has 6 N–H and O–H groups in total. The van der Waals surface area contributed by atoms with Crippen molar-refractivity contribution >= 4 is 23.8 Å². The van der Waals surface area contributed by atoms with Crippen LogP contribution in [0.3, 0.4) is 0 Å². The fourth-order valence-electron chi connectivity index (χ4n) is 1.64. The van der Waals surface area contributed by atoms with E-state index in [9.17, 15) is 19.2 Å². The second-order valence-electron chi connectivity index (χ2n) is 4.59. The number of aliphatic carboxylic acids is 2. The van der Waals surface area contributed by atoms with Gasteiger partial charge in [-0.1, -0.05) is 13.3 Å². The van der Waals surface area contributed by atoms with Gasteiger partial charge in [-0.3, -0.25) is 24.1 Å². The Morgan fingerprint density at radius 2 is 1.43 bits per heavy atom. The molecule has 0 spiro atoms. The lowest BCUT2D eigenvalue weighted by Gasteiger charge is -2.24. The normalized spacial score (nSPS) is 13.3. The number of imide groups is 1. The van der Waals surface area contributed by atoms with Crippen LogP contribution in [0.1, 0.15) is 32.6 Å². The molecular formula is C12H21N3O6. The zero-order valence-corrected chi connectivity index (χ0v) is 11.8. The van der Waals surface area contributed by atoms with Gasteiger partial charge >= 0.3 is 11.9 Å². The molecule has 2 unspecified atom stereocenters. The molecule has 0 saturated carbocycles. The molecule has 9 heteroatoms. The first kappa shape index (κ1) is 19.0. The average molecular weight is 303 g/mol. The molecule has 120 valence electrons. The van der Waals surface area contributed by atoms with Gasteiger partial charge in [-0.15, -0.1) is 0 Å². The largest absolute Gasteiger partial charge is 0.481 e. The Morgan fingerprint density at radius 1 is 0.952 bits per heavy atom. The van der Waals surface area contributed by atoms with Gasteiger partial charge in [0, 0.05) is 6.42 Å². The molecule has 0 fully saturated rings. The second kappa shape index (κ2) is 9.03. The molecule has 2 amide bonds. The van der Waals surface area contributed by atoms with Gasteiger partial charge in [-0.05, 0) is 12.8 Å². The van der Waals surface area contributed by atoms with Crippen molar-refractivity contribution in [2.75, 3.05) is 6.54 Å².